The van der Waals surface area contributed by atoms with Crippen LogP contribution in [0.4, 0.5) is 0 Å². The first-order valence-electron chi connectivity index (χ1n) is 6.05. The second-order valence-corrected chi connectivity index (χ2v) is 5.86. The van der Waals surface area contributed by atoms with Crippen molar-refractivity contribution in [3.63, 3.8) is 0 Å². The zero-order valence-electron chi connectivity index (χ0n) is 10.3. The molecule has 0 fully saturated rings. The number of thiophene rings is 1. The van der Waals surface area contributed by atoms with Crippen molar-refractivity contribution >= 4 is 22.9 Å². The van der Waals surface area contributed by atoms with Gasteiger partial charge in [-0.3, -0.25) is 0 Å². The van der Waals surface area contributed by atoms with Crippen LogP contribution in [0.2, 0.25) is 4.34 Å². The summed E-state index contributed by atoms with van der Waals surface area (Å²) < 4.78 is 0.711. The Kier molecular flexibility index (Phi) is 4.98. The van der Waals surface area contributed by atoms with Crippen LogP contribution in [-0.2, 0) is 0 Å². The Labute approximate surface area is 121 Å². The Bertz CT molecular complexity index is 561. The molecule has 2 nitrogen and oxygen atoms in total. The molecule has 0 amide bonds. The van der Waals surface area contributed by atoms with Crippen molar-refractivity contribution in [1.82, 2.24) is 0 Å². The summed E-state index contributed by atoms with van der Waals surface area (Å²) in [6.07, 6.45) is 0.556. The molecule has 1 N–H and O–H groups in total. The van der Waals surface area contributed by atoms with E-state index in [1.54, 1.807) is 0 Å². The van der Waals surface area contributed by atoms with Crippen molar-refractivity contribution in [2.24, 2.45) is 0 Å². The van der Waals surface area contributed by atoms with Gasteiger partial charge in [-0.05, 0) is 29.0 Å². The molecule has 0 aliphatic rings. The fraction of sp³-hybridized carbons (Fsp3) is 0.267. The molecule has 0 aliphatic carbocycles. The van der Waals surface area contributed by atoms with Crippen LogP contribution in [0.5, 0.6) is 0 Å². The van der Waals surface area contributed by atoms with E-state index in [1.807, 2.05) is 41.8 Å². The summed E-state index contributed by atoms with van der Waals surface area (Å²) in [7, 11) is 0. The van der Waals surface area contributed by atoms with Gasteiger partial charge in [0.1, 0.15) is 0 Å². The average molecular weight is 292 g/mol. The highest BCUT2D eigenvalue weighted by Gasteiger charge is 2.25. The van der Waals surface area contributed by atoms with Gasteiger partial charge in [0.2, 0.25) is 0 Å². The minimum atomic E-state index is -0.265. The Hall–Kier alpha value is -1.34. The predicted octanol–water partition coefficient (Wildman–Crippen LogP) is 4.17. The van der Waals surface area contributed by atoms with E-state index in [1.165, 1.54) is 11.3 Å². The lowest BCUT2D eigenvalue weighted by atomic mass is 9.81. The van der Waals surface area contributed by atoms with Crippen molar-refractivity contribution in [2.75, 3.05) is 6.61 Å². The number of halogens is 1. The molecule has 1 aromatic heterocycles. The van der Waals surface area contributed by atoms with Gasteiger partial charge in [0, 0.05) is 12.5 Å². The number of nitrogens with zero attached hydrogens (tertiary/aromatic N) is 1. The van der Waals surface area contributed by atoms with E-state index >= 15 is 0 Å². The molecule has 0 bridgehead atoms. The number of hydrogen-bond acceptors (Lipinski definition) is 3. The van der Waals surface area contributed by atoms with Crippen LogP contribution in [0.1, 0.15) is 29.4 Å². The van der Waals surface area contributed by atoms with Crippen LogP contribution in [0.15, 0.2) is 41.8 Å². The van der Waals surface area contributed by atoms with Crippen molar-refractivity contribution in [3.05, 3.63) is 57.2 Å². The average Bonchev–Trinajstić information content (AvgIpc) is 2.86. The molecule has 0 unspecified atom stereocenters. The van der Waals surface area contributed by atoms with E-state index in [-0.39, 0.29) is 18.4 Å². The second-order valence-electron chi connectivity index (χ2n) is 4.32. The summed E-state index contributed by atoms with van der Waals surface area (Å²) in [5, 5.41) is 20.7. The van der Waals surface area contributed by atoms with Crippen LogP contribution in [0.3, 0.4) is 0 Å². The van der Waals surface area contributed by atoms with E-state index in [4.69, 9.17) is 11.6 Å². The molecular formula is C15H14ClNOS. The molecule has 0 aliphatic heterocycles. The first kappa shape index (κ1) is 14.1. The van der Waals surface area contributed by atoms with Gasteiger partial charge in [0.15, 0.2) is 0 Å². The van der Waals surface area contributed by atoms with Gasteiger partial charge in [-0.1, -0.05) is 41.9 Å². The lowest BCUT2D eigenvalue weighted by Crippen LogP contribution is -2.11. The smallest absolute Gasteiger partial charge is 0.0931 e. The molecule has 0 saturated heterocycles. The van der Waals surface area contributed by atoms with E-state index in [0.29, 0.717) is 10.8 Å². The van der Waals surface area contributed by atoms with E-state index in [9.17, 15) is 10.4 Å². The topological polar surface area (TPSA) is 44.0 Å². The highest BCUT2D eigenvalue weighted by molar-refractivity contribution is 7.14. The van der Waals surface area contributed by atoms with Crippen LogP contribution in [0.25, 0.3) is 0 Å². The maximum absolute atomic E-state index is 9.48. The molecule has 2 atom stereocenters. The summed E-state index contributed by atoms with van der Waals surface area (Å²) >= 11 is 7.43. The Morgan fingerprint density at radius 3 is 2.53 bits per heavy atom. The third-order valence-corrected chi connectivity index (χ3v) is 4.27. The van der Waals surface area contributed by atoms with E-state index < -0.39 is 0 Å². The minimum absolute atomic E-state index is 0.0267. The number of nitriles is 1. The number of aliphatic hydroxyl groups is 1. The lowest BCUT2D eigenvalue weighted by molar-refractivity contribution is 0.272. The van der Waals surface area contributed by atoms with Gasteiger partial charge >= 0.3 is 0 Å². The largest absolute Gasteiger partial charge is 0.396 e. The fourth-order valence-electron chi connectivity index (χ4n) is 2.24. The summed E-state index contributed by atoms with van der Waals surface area (Å²) in [5.41, 5.74) is 2.00. The summed E-state index contributed by atoms with van der Waals surface area (Å²) in [4.78, 5) is 0. The van der Waals surface area contributed by atoms with Gasteiger partial charge in [-0.15, -0.1) is 11.3 Å². The summed E-state index contributed by atoms with van der Waals surface area (Å²) in [6, 6.07) is 13.9. The SMILES string of the molecule is N#C[C@H](c1ccccc1)[C@H](CCO)c1csc(Cl)c1. The fourth-order valence-corrected chi connectivity index (χ4v) is 3.20. The standard InChI is InChI=1S/C15H14ClNOS/c16-15-8-12(10-19-15)13(6-7-18)14(9-17)11-4-2-1-3-5-11/h1-5,8,10,13-14,18H,6-7H2/t13-,14-/m1/s1. The van der Waals surface area contributed by atoms with Gasteiger partial charge in [0.25, 0.3) is 0 Å². The molecule has 2 rings (SSSR count). The van der Waals surface area contributed by atoms with E-state index in [2.05, 4.69) is 6.07 Å². The molecule has 0 spiro atoms. The van der Waals surface area contributed by atoms with Crippen molar-refractivity contribution in [1.29, 1.82) is 5.26 Å². The van der Waals surface area contributed by atoms with Crippen molar-refractivity contribution in [2.45, 2.75) is 18.3 Å². The number of hydrogen-bond donors (Lipinski definition) is 1. The number of rotatable bonds is 5. The normalized spacial score (nSPS) is 13.7. The number of benzene rings is 1. The molecule has 2 aromatic rings. The van der Waals surface area contributed by atoms with E-state index in [0.717, 1.165) is 11.1 Å². The molecule has 1 heterocycles. The highest BCUT2D eigenvalue weighted by Crippen LogP contribution is 2.38. The molecule has 19 heavy (non-hydrogen) atoms. The van der Waals surface area contributed by atoms with Crippen molar-refractivity contribution < 1.29 is 5.11 Å². The minimum Gasteiger partial charge on any atom is -0.396 e. The zero-order valence-corrected chi connectivity index (χ0v) is 11.9. The molecule has 0 radical (unpaired) electrons. The summed E-state index contributed by atoms with van der Waals surface area (Å²) in [5.74, 6) is -0.292. The monoisotopic (exact) mass is 291 g/mol. The van der Waals surface area contributed by atoms with Gasteiger partial charge in [-0.2, -0.15) is 5.26 Å². The zero-order chi connectivity index (χ0) is 13.7. The van der Waals surface area contributed by atoms with Gasteiger partial charge < -0.3 is 5.11 Å². The maximum atomic E-state index is 9.48. The molecule has 1 aromatic carbocycles. The third-order valence-electron chi connectivity index (χ3n) is 3.16. The molecule has 98 valence electrons. The van der Waals surface area contributed by atoms with Crippen LogP contribution < -0.4 is 0 Å². The first-order valence-corrected chi connectivity index (χ1v) is 7.31. The maximum Gasteiger partial charge on any atom is 0.0931 e. The first-order chi connectivity index (χ1) is 9.26. The quantitative estimate of drug-likeness (QED) is 0.898. The van der Waals surface area contributed by atoms with Crippen LogP contribution in [0, 0.1) is 11.3 Å². The Morgan fingerprint density at radius 2 is 2.00 bits per heavy atom. The molecule has 0 saturated carbocycles. The van der Waals surface area contributed by atoms with Gasteiger partial charge in [0.05, 0.1) is 16.3 Å². The number of aliphatic hydroxyl groups excluding tert-OH is 1. The molecule has 4 heteroatoms. The third kappa shape index (κ3) is 3.36. The van der Waals surface area contributed by atoms with Gasteiger partial charge in [-0.25, -0.2) is 0 Å². The lowest BCUT2D eigenvalue weighted by Gasteiger charge is -2.20. The van der Waals surface area contributed by atoms with Crippen molar-refractivity contribution in [3.8, 4) is 6.07 Å². The van der Waals surface area contributed by atoms with Crippen LogP contribution in [-0.4, -0.2) is 11.7 Å². The second kappa shape index (κ2) is 6.72. The molecular weight excluding hydrogens is 278 g/mol. The highest BCUT2D eigenvalue weighted by atomic mass is 35.5. The summed E-state index contributed by atoms with van der Waals surface area (Å²) in [6.45, 7) is 0.0587. The predicted molar refractivity (Wildman–Crippen MR) is 78.6 cm³/mol. The van der Waals surface area contributed by atoms with Crippen LogP contribution >= 0.6 is 22.9 Å². The Morgan fingerprint density at radius 1 is 1.26 bits per heavy atom. The Balaban J connectivity index is 2.34.